The van der Waals surface area contributed by atoms with Crippen molar-refractivity contribution in [2.45, 2.75) is 66.2 Å². The van der Waals surface area contributed by atoms with Crippen LogP contribution in [0.1, 0.15) is 63.8 Å². The van der Waals surface area contributed by atoms with E-state index >= 15 is 0 Å². The van der Waals surface area contributed by atoms with Crippen LogP contribution in [0.4, 0.5) is 0 Å². The van der Waals surface area contributed by atoms with Crippen LogP contribution in [0, 0.1) is 13.8 Å². The van der Waals surface area contributed by atoms with Crippen LogP contribution in [0.2, 0.25) is 0 Å². The van der Waals surface area contributed by atoms with Gasteiger partial charge in [0, 0.05) is 32.9 Å². The lowest BCUT2D eigenvalue weighted by molar-refractivity contribution is 0.590. The van der Waals surface area contributed by atoms with E-state index in [1.165, 1.54) is 0 Å². The predicted octanol–water partition coefficient (Wildman–Crippen LogP) is 9.81. The highest BCUT2D eigenvalue weighted by Crippen LogP contribution is 2.34. The molecule has 2 heterocycles. The van der Waals surface area contributed by atoms with Crippen molar-refractivity contribution < 1.29 is 0 Å². The minimum atomic E-state index is -0.104. The maximum Gasteiger partial charge on any atom is 0.197 e. The molecule has 7 aromatic rings. The van der Waals surface area contributed by atoms with Crippen molar-refractivity contribution in [3.8, 4) is 11.4 Å². The Hall–Kier alpha value is -4.96. The number of aryl methyl sites for hydroxylation is 2. The molecule has 4 heteroatoms. The van der Waals surface area contributed by atoms with E-state index in [9.17, 15) is 9.59 Å². The number of aromatic nitrogens is 2. The highest BCUT2D eigenvalue weighted by atomic mass is 16.1. The second-order valence-corrected chi connectivity index (χ2v) is 14.9. The van der Waals surface area contributed by atoms with E-state index in [-0.39, 0.29) is 21.7 Å². The molecule has 7 rings (SSSR count). The summed E-state index contributed by atoms with van der Waals surface area (Å²) in [4.78, 5) is 28.9. The Kier molecular flexibility index (Phi) is 6.65. The zero-order chi connectivity index (χ0) is 32.7. The normalized spacial score (nSPS) is 12.5. The van der Waals surface area contributed by atoms with E-state index in [4.69, 9.17) is 0 Å². The van der Waals surface area contributed by atoms with E-state index < -0.39 is 0 Å². The Bertz CT molecular complexity index is 2290. The van der Waals surface area contributed by atoms with Crippen molar-refractivity contribution in [2.24, 2.45) is 0 Å². The molecule has 0 saturated carbocycles. The van der Waals surface area contributed by atoms with Crippen LogP contribution in [0.5, 0.6) is 0 Å². The summed E-state index contributed by atoms with van der Waals surface area (Å²) in [7, 11) is 0. The van der Waals surface area contributed by atoms with Crippen LogP contribution < -0.4 is 10.9 Å². The van der Waals surface area contributed by atoms with Crippen molar-refractivity contribution >= 4 is 43.6 Å². The van der Waals surface area contributed by atoms with Gasteiger partial charge in [-0.15, -0.1) is 0 Å². The van der Waals surface area contributed by atoms with E-state index in [2.05, 4.69) is 137 Å². The Balaban J connectivity index is 1.72. The zero-order valence-electron chi connectivity index (χ0n) is 27.9. The third kappa shape index (κ3) is 4.75. The smallest absolute Gasteiger partial charge is 0.197 e. The standard InChI is InChI=1S/C42H40N2O2/c1-25-9-15-29(16-10-25)43-35-21-27(41(3,4)5)13-19-31(35)39(45)33-24-38-34(23-37(33)43)40(46)32-20-14-28(42(6,7)8)22-36(32)44(38)30-17-11-26(2)12-18-30/h9-24H,1-8H3. The van der Waals surface area contributed by atoms with Gasteiger partial charge >= 0.3 is 0 Å². The van der Waals surface area contributed by atoms with Gasteiger partial charge in [-0.05, 0) is 96.5 Å². The highest BCUT2D eigenvalue weighted by Gasteiger charge is 2.22. The van der Waals surface area contributed by atoms with E-state index in [0.717, 1.165) is 55.7 Å². The van der Waals surface area contributed by atoms with Gasteiger partial charge in [0.25, 0.3) is 0 Å². The Morgan fingerprint density at radius 1 is 0.413 bits per heavy atom. The average Bonchev–Trinajstić information content (AvgIpc) is 3.01. The molecule has 2 aromatic heterocycles. The van der Waals surface area contributed by atoms with Gasteiger partial charge in [0.2, 0.25) is 0 Å². The number of rotatable bonds is 2. The van der Waals surface area contributed by atoms with Crippen molar-refractivity contribution in [3.05, 3.63) is 140 Å². The lowest BCUT2D eigenvalue weighted by Crippen LogP contribution is -2.17. The van der Waals surface area contributed by atoms with Gasteiger partial charge < -0.3 is 9.13 Å². The van der Waals surface area contributed by atoms with Crippen LogP contribution in [0.3, 0.4) is 0 Å². The quantitative estimate of drug-likeness (QED) is 0.184. The molecule has 0 amide bonds. The summed E-state index contributed by atoms with van der Waals surface area (Å²) in [6.45, 7) is 17.2. The molecule has 0 N–H and O–H groups in total. The Labute approximate surface area is 269 Å². The zero-order valence-corrected chi connectivity index (χ0v) is 27.9. The molecule has 230 valence electrons. The van der Waals surface area contributed by atoms with Crippen LogP contribution in [0.15, 0.2) is 107 Å². The predicted molar refractivity (Wildman–Crippen MR) is 195 cm³/mol. The number of hydrogen-bond donors (Lipinski definition) is 0. The number of benzene rings is 5. The first-order valence-electron chi connectivity index (χ1n) is 16.0. The summed E-state index contributed by atoms with van der Waals surface area (Å²) in [6.07, 6.45) is 0. The molecule has 0 aliphatic heterocycles. The summed E-state index contributed by atoms with van der Waals surface area (Å²) in [6, 6.07) is 32.9. The first-order valence-corrected chi connectivity index (χ1v) is 16.0. The topological polar surface area (TPSA) is 44.0 Å². The highest BCUT2D eigenvalue weighted by molar-refractivity contribution is 6.05. The molecule has 0 saturated heterocycles. The van der Waals surface area contributed by atoms with Crippen molar-refractivity contribution in [2.75, 3.05) is 0 Å². The van der Waals surface area contributed by atoms with Gasteiger partial charge in [0.1, 0.15) is 0 Å². The maximum atomic E-state index is 14.5. The Morgan fingerprint density at radius 2 is 0.739 bits per heavy atom. The number of fused-ring (bicyclic) bond motifs is 4. The largest absolute Gasteiger partial charge is 0.309 e. The van der Waals surface area contributed by atoms with Crippen LogP contribution in [-0.2, 0) is 10.8 Å². The summed E-state index contributed by atoms with van der Waals surface area (Å²) < 4.78 is 4.31. The van der Waals surface area contributed by atoms with Gasteiger partial charge in [-0.3, -0.25) is 9.59 Å². The number of hydrogen-bond acceptors (Lipinski definition) is 2. The van der Waals surface area contributed by atoms with E-state index in [0.29, 0.717) is 21.5 Å². The van der Waals surface area contributed by atoms with E-state index in [1.807, 2.05) is 24.3 Å². The van der Waals surface area contributed by atoms with Gasteiger partial charge in [0.15, 0.2) is 10.9 Å². The maximum absolute atomic E-state index is 14.5. The van der Waals surface area contributed by atoms with Crippen LogP contribution >= 0.6 is 0 Å². The first-order chi connectivity index (χ1) is 21.7. The fourth-order valence-electron chi connectivity index (χ4n) is 6.55. The number of nitrogens with zero attached hydrogens (tertiary/aromatic N) is 2. The van der Waals surface area contributed by atoms with Crippen LogP contribution in [0.25, 0.3) is 55.0 Å². The lowest BCUT2D eigenvalue weighted by atomic mass is 9.86. The van der Waals surface area contributed by atoms with Gasteiger partial charge in [-0.2, -0.15) is 0 Å². The lowest BCUT2D eigenvalue weighted by Gasteiger charge is -2.23. The molecular weight excluding hydrogens is 564 g/mol. The average molecular weight is 605 g/mol. The summed E-state index contributed by atoms with van der Waals surface area (Å²) in [5.41, 5.74) is 9.31. The second kappa shape index (κ2) is 10.3. The monoisotopic (exact) mass is 604 g/mol. The van der Waals surface area contributed by atoms with Crippen molar-refractivity contribution in [3.63, 3.8) is 0 Å². The van der Waals surface area contributed by atoms with Gasteiger partial charge in [0.05, 0.1) is 22.1 Å². The molecule has 0 aliphatic carbocycles. The molecular formula is C42H40N2O2. The molecule has 0 spiro atoms. The van der Waals surface area contributed by atoms with Gasteiger partial charge in [-0.25, -0.2) is 0 Å². The third-order valence-electron chi connectivity index (χ3n) is 9.37. The number of pyridine rings is 2. The summed E-state index contributed by atoms with van der Waals surface area (Å²) in [5.74, 6) is 0. The first kappa shape index (κ1) is 29.7. The van der Waals surface area contributed by atoms with Gasteiger partial charge in [-0.1, -0.05) is 89.1 Å². The molecule has 0 bridgehead atoms. The fraction of sp³-hybridized carbons (Fsp3) is 0.238. The Morgan fingerprint density at radius 3 is 1.07 bits per heavy atom. The van der Waals surface area contributed by atoms with Crippen molar-refractivity contribution in [1.82, 2.24) is 9.13 Å². The van der Waals surface area contributed by atoms with E-state index in [1.54, 1.807) is 0 Å². The summed E-state index contributed by atoms with van der Waals surface area (Å²) >= 11 is 0. The molecule has 5 aromatic carbocycles. The molecule has 0 radical (unpaired) electrons. The minimum Gasteiger partial charge on any atom is -0.309 e. The SMILES string of the molecule is Cc1ccc(-n2c3cc(C(C)(C)C)ccc3c(=O)c3cc4c(cc32)c(=O)c2ccc(C(C)(C)C)cc2n4-c2ccc(C)cc2)cc1. The fourth-order valence-corrected chi connectivity index (χ4v) is 6.55. The molecule has 0 aliphatic rings. The molecule has 46 heavy (non-hydrogen) atoms. The second-order valence-electron chi connectivity index (χ2n) is 14.9. The molecule has 0 fully saturated rings. The van der Waals surface area contributed by atoms with Crippen LogP contribution in [-0.4, -0.2) is 9.13 Å². The minimum absolute atomic E-state index is 0.0397. The summed E-state index contributed by atoms with van der Waals surface area (Å²) in [5, 5.41) is 2.47. The molecule has 0 atom stereocenters. The molecule has 4 nitrogen and oxygen atoms in total. The van der Waals surface area contributed by atoms with Crippen molar-refractivity contribution in [1.29, 1.82) is 0 Å². The third-order valence-corrected chi connectivity index (χ3v) is 9.37. The molecule has 0 unspecified atom stereocenters.